The van der Waals surface area contributed by atoms with E-state index in [4.69, 9.17) is 10.5 Å². The summed E-state index contributed by atoms with van der Waals surface area (Å²) in [5.74, 6) is 1.87. The second kappa shape index (κ2) is 5.17. The second-order valence-electron chi connectivity index (χ2n) is 4.83. The maximum Gasteiger partial charge on any atom is 0.322 e. The van der Waals surface area contributed by atoms with Gasteiger partial charge in [-0.15, -0.1) is 0 Å². The molecule has 0 amide bonds. The number of aromatic nitrogens is 3. The summed E-state index contributed by atoms with van der Waals surface area (Å²) in [6.45, 7) is 6.38. The van der Waals surface area contributed by atoms with Crippen LogP contribution in [0.3, 0.4) is 0 Å². The maximum absolute atomic E-state index is 5.66. The molecule has 0 unspecified atom stereocenters. The van der Waals surface area contributed by atoms with Gasteiger partial charge >= 0.3 is 6.01 Å². The van der Waals surface area contributed by atoms with E-state index >= 15 is 0 Å². The van der Waals surface area contributed by atoms with Gasteiger partial charge in [0.2, 0.25) is 11.9 Å². The lowest BCUT2D eigenvalue weighted by molar-refractivity contribution is 0.379. The Morgan fingerprint density at radius 2 is 2.06 bits per heavy atom. The Hall–Kier alpha value is -1.24. The van der Waals surface area contributed by atoms with Crippen molar-refractivity contribution in [3.8, 4) is 6.01 Å². The number of thioether (sulfide) groups is 1. The number of anilines is 2. The van der Waals surface area contributed by atoms with Crippen LogP contribution in [0.25, 0.3) is 0 Å². The van der Waals surface area contributed by atoms with E-state index < -0.39 is 0 Å². The molecule has 0 bridgehead atoms. The molecule has 0 atom stereocenters. The van der Waals surface area contributed by atoms with Crippen molar-refractivity contribution in [1.29, 1.82) is 0 Å². The van der Waals surface area contributed by atoms with E-state index in [0.29, 0.717) is 10.7 Å². The molecule has 1 fully saturated rings. The maximum atomic E-state index is 5.66. The Morgan fingerprint density at radius 3 is 2.78 bits per heavy atom. The molecule has 0 radical (unpaired) electrons. The lowest BCUT2D eigenvalue weighted by atomic mass is 10.1. The Labute approximate surface area is 111 Å². The van der Waals surface area contributed by atoms with Gasteiger partial charge in [-0.05, 0) is 6.42 Å². The summed E-state index contributed by atoms with van der Waals surface area (Å²) >= 11 is 1.98. The van der Waals surface area contributed by atoms with Gasteiger partial charge in [-0.25, -0.2) is 0 Å². The molecule has 6 nitrogen and oxygen atoms in total. The van der Waals surface area contributed by atoms with Crippen LogP contribution in [-0.4, -0.2) is 45.7 Å². The van der Waals surface area contributed by atoms with Gasteiger partial charge in [0.1, 0.15) is 0 Å². The zero-order chi connectivity index (χ0) is 13.2. The number of nitrogen functional groups attached to an aromatic ring is 1. The first kappa shape index (κ1) is 13.2. The highest BCUT2D eigenvalue weighted by Crippen LogP contribution is 2.31. The molecule has 1 aliphatic rings. The SMILES string of the molecule is COc1nc(N)nc(N2CCSC(C)(C)CC2)n1. The first-order chi connectivity index (χ1) is 8.50. The standard InChI is InChI=1S/C11H19N5OS/c1-11(2)4-5-16(6-7-18-11)9-13-8(12)14-10(15-9)17-3/h4-7H2,1-3H3,(H2,12,13,14,15). The highest BCUT2D eigenvalue weighted by atomic mass is 32.2. The number of ether oxygens (including phenoxy) is 1. The molecule has 1 aromatic rings. The normalized spacial score (nSPS) is 19.4. The molecular formula is C11H19N5OS. The molecule has 2 rings (SSSR count). The Bertz CT molecular complexity index is 426. The topological polar surface area (TPSA) is 77.2 Å². The summed E-state index contributed by atoms with van der Waals surface area (Å²) in [6.07, 6.45) is 1.09. The van der Waals surface area contributed by atoms with Crippen molar-refractivity contribution in [2.45, 2.75) is 25.0 Å². The van der Waals surface area contributed by atoms with Crippen LogP contribution in [0.1, 0.15) is 20.3 Å². The molecule has 7 heteroatoms. The number of hydrogen-bond acceptors (Lipinski definition) is 7. The van der Waals surface area contributed by atoms with Gasteiger partial charge in [-0.1, -0.05) is 13.8 Å². The van der Waals surface area contributed by atoms with Crippen LogP contribution in [0.4, 0.5) is 11.9 Å². The molecule has 18 heavy (non-hydrogen) atoms. The molecule has 0 aromatic carbocycles. The first-order valence-electron chi connectivity index (χ1n) is 5.95. The number of methoxy groups -OCH3 is 1. The van der Waals surface area contributed by atoms with Crippen molar-refractivity contribution in [3.05, 3.63) is 0 Å². The minimum Gasteiger partial charge on any atom is -0.467 e. The monoisotopic (exact) mass is 269 g/mol. The van der Waals surface area contributed by atoms with Gasteiger partial charge in [0, 0.05) is 23.6 Å². The van der Waals surface area contributed by atoms with E-state index in [1.54, 1.807) is 0 Å². The molecular weight excluding hydrogens is 250 g/mol. The van der Waals surface area contributed by atoms with Crippen molar-refractivity contribution in [2.24, 2.45) is 0 Å². The van der Waals surface area contributed by atoms with Crippen LogP contribution in [0.15, 0.2) is 0 Å². The van der Waals surface area contributed by atoms with E-state index in [0.717, 1.165) is 25.3 Å². The molecule has 1 aliphatic heterocycles. The molecule has 0 spiro atoms. The van der Waals surface area contributed by atoms with Gasteiger partial charge in [-0.3, -0.25) is 0 Å². The molecule has 0 aliphatic carbocycles. The van der Waals surface area contributed by atoms with Crippen LogP contribution < -0.4 is 15.4 Å². The molecule has 2 heterocycles. The van der Waals surface area contributed by atoms with Crippen molar-refractivity contribution < 1.29 is 4.74 Å². The van der Waals surface area contributed by atoms with Gasteiger partial charge in [0.15, 0.2) is 0 Å². The summed E-state index contributed by atoms with van der Waals surface area (Å²) in [5.41, 5.74) is 5.66. The average Bonchev–Trinajstić information content (AvgIpc) is 2.49. The van der Waals surface area contributed by atoms with Crippen LogP contribution >= 0.6 is 11.8 Å². The fraction of sp³-hybridized carbons (Fsp3) is 0.727. The molecule has 2 N–H and O–H groups in total. The smallest absolute Gasteiger partial charge is 0.322 e. The zero-order valence-electron chi connectivity index (χ0n) is 11.0. The van der Waals surface area contributed by atoms with E-state index in [9.17, 15) is 0 Å². The highest BCUT2D eigenvalue weighted by Gasteiger charge is 2.25. The van der Waals surface area contributed by atoms with Crippen molar-refractivity contribution in [2.75, 3.05) is 36.6 Å². The first-order valence-corrected chi connectivity index (χ1v) is 6.93. The van der Waals surface area contributed by atoms with Crippen LogP contribution in [0, 0.1) is 0 Å². The van der Waals surface area contributed by atoms with Crippen LogP contribution in [0.2, 0.25) is 0 Å². The van der Waals surface area contributed by atoms with Gasteiger partial charge < -0.3 is 15.4 Å². The molecule has 1 saturated heterocycles. The summed E-state index contributed by atoms with van der Waals surface area (Å²) in [5, 5.41) is 0. The van der Waals surface area contributed by atoms with E-state index in [2.05, 4.69) is 33.7 Å². The lowest BCUT2D eigenvalue weighted by Gasteiger charge is -2.22. The highest BCUT2D eigenvalue weighted by molar-refractivity contribution is 8.00. The fourth-order valence-corrected chi connectivity index (χ4v) is 2.91. The Kier molecular flexibility index (Phi) is 3.79. The van der Waals surface area contributed by atoms with Crippen molar-refractivity contribution in [3.63, 3.8) is 0 Å². The largest absolute Gasteiger partial charge is 0.467 e. The predicted octanol–water partition coefficient (Wildman–Crippen LogP) is 1.18. The average molecular weight is 269 g/mol. The van der Waals surface area contributed by atoms with E-state index in [1.807, 2.05) is 11.8 Å². The fourth-order valence-electron chi connectivity index (χ4n) is 1.81. The minimum absolute atomic E-state index is 0.202. The number of hydrogen-bond donors (Lipinski definition) is 1. The number of rotatable bonds is 2. The summed E-state index contributed by atoms with van der Waals surface area (Å²) < 4.78 is 5.33. The predicted molar refractivity (Wildman–Crippen MR) is 74.2 cm³/mol. The van der Waals surface area contributed by atoms with E-state index in [-0.39, 0.29) is 12.0 Å². The summed E-state index contributed by atoms with van der Waals surface area (Å²) in [4.78, 5) is 14.5. The molecule has 100 valence electrons. The van der Waals surface area contributed by atoms with Crippen LogP contribution in [-0.2, 0) is 0 Å². The molecule has 0 saturated carbocycles. The third-order valence-corrected chi connectivity index (χ3v) is 4.30. The Morgan fingerprint density at radius 1 is 1.28 bits per heavy atom. The second-order valence-corrected chi connectivity index (χ2v) is 6.63. The third kappa shape index (κ3) is 3.16. The number of nitrogens with zero attached hydrogens (tertiary/aromatic N) is 4. The summed E-state index contributed by atoms with van der Waals surface area (Å²) in [7, 11) is 1.53. The molecule has 1 aromatic heterocycles. The van der Waals surface area contributed by atoms with Crippen LogP contribution in [0.5, 0.6) is 6.01 Å². The van der Waals surface area contributed by atoms with Gasteiger partial charge in [-0.2, -0.15) is 26.7 Å². The van der Waals surface area contributed by atoms with Crippen molar-refractivity contribution in [1.82, 2.24) is 15.0 Å². The third-order valence-electron chi connectivity index (χ3n) is 2.92. The van der Waals surface area contributed by atoms with E-state index in [1.165, 1.54) is 7.11 Å². The van der Waals surface area contributed by atoms with Gasteiger partial charge in [0.05, 0.1) is 7.11 Å². The Balaban J connectivity index is 2.18. The zero-order valence-corrected chi connectivity index (χ0v) is 11.8. The lowest BCUT2D eigenvalue weighted by Crippen LogP contribution is -2.29. The van der Waals surface area contributed by atoms with Crippen molar-refractivity contribution >= 4 is 23.7 Å². The van der Waals surface area contributed by atoms with Gasteiger partial charge in [0.25, 0.3) is 0 Å². The number of nitrogens with two attached hydrogens (primary N) is 1. The quantitative estimate of drug-likeness (QED) is 0.864. The summed E-state index contributed by atoms with van der Waals surface area (Å²) in [6, 6.07) is 0.272. The minimum atomic E-state index is 0.202.